The maximum absolute atomic E-state index is 12.4. The summed E-state index contributed by atoms with van der Waals surface area (Å²) in [7, 11) is 2.70. The summed E-state index contributed by atoms with van der Waals surface area (Å²) in [5, 5.41) is 28.6. The van der Waals surface area contributed by atoms with Gasteiger partial charge in [0.05, 0.1) is 43.7 Å². The number of nitriles is 1. The molecule has 218 valence electrons. The van der Waals surface area contributed by atoms with Gasteiger partial charge < -0.3 is 39.4 Å². The zero-order chi connectivity index (χ0) is 29.9. The van der Waals surface area contributed by atoms with Gasteiger partial charge in [-0.1, -0.05) is 17.7 Å². The average Bonchev–Trinajstić information content (AvgIpc) is 2.95. The van der Waals surface area contributed by atoms with E-state index in [1.54, 1.807) is 44.2 Å². The normalized spacial score (nSPS) is 15.3. The average molecular weight is 588 g/mol. The van der Waals surface area contributed by atoms with Crippen LogP contribution >= 0.6 is 11.6 Å². The fraction of sp³-hybridized carbons (Fsp3) is 0.333. The molecule has 0 saturated heterocycles. The van der Waals surface area contributed by atoms with Gasteiger partial charge in [0.2, 0.25) is 0 Å². The molecule has 0 spiro atoms. The van der Waals surface area contributed by atoms with E-state index < -0.39 is 24.3 Å². The van der Waals surface area contributed by atoms with Crippen LogP contribution in [0.3, 0.4) is 0 Å². The lowest BCUT2D eigenvalue weighted by Gasteiger charge is -2.28. The predicted molar refractivity (Wildman–Crippen MR) is 148 cm³/mol. The van der Waals surface area contributed by atoms with Gasteiger partial charge in [-0.15, -0.1) is 0 Å². The molecule has 1 heterocycles. The van der Waals surface area contributed by atoms with Crippen LogP contribution in [0.15, 0.2) is 46.7 Å². The smallest absolute Gasteiger partial charge is 0.337 e. The Morgan fingerprint density at radius 2 is 2.00 bits per heavy atom. The van der Waals surface area contributed by atoms with E-state index >= 15 is 0 Å². The van der Waals surface area contributed by atoms with Crippen molar-refractivity contribution in [2.45, 2.75) is 26.1 Å². The van der Waals surface area contributed by atoms with Crippen LogP contribution in [-0.4, -0.2) is 63.6 Å². The fourth-order valence-electron chi connectivity index (χ4n) is 3.88. The van der Waals surface area contributed by atoms with E-state index in [0.29, 0.717) is 40.7 Å². The van der Waals surface area contributed by atoms with Crippen molar-refractivity contribution in [1.82, 2.24) is 16.1 Å². The number of nitrogens with zero attached hydrogens (tertiary/aromatic N) is 2. The van der Waals surface area contributed by atoms with Gasteiger partial charge in [-0.2, -0.15) is 10.4 Å². The van der Waals surface area contributed by atoms with E-state index in [2.05, 4.69) is 21.2 Å². The molecule has 2 aromatic carbocycles. The predicted octanol–water partition coefficient (Wildman–Crippen LogP) is 2.77. The summed E-state index contributed by atoms with van der Waals surface area (Å²) in [4.78, 5) is 24.5. The van der Waals surface area contributed by atoms with E-state index in [9.17, 15) is 14.7 Å². The number of urea groups is 1. The summed E-state index contributed by atoms with van der Waals surface area (Å²) in [6.07, 6.45) is 0.213. The van der Waals surface area contributed by atoms with Gasteiger partial charge in [-0.25, -0.2) is 9.59 Å². The number of hydrazone groups is 1. The van der Waals surface area contributed by atoms with Crippen molar-refractivity contribution < 1.29 is 38.4 Å². The van der Waals surface area contributed by atoms with E-state index in [1.165, 1.54) is 20.4 Å². The van der Waals surface area contributed by atoms with E-state index in [4.69, 9.17) is 40.5 Å². The molecule has 0 fully saturated rings. The third-order valence-electron chi connectivity index (χ3n) is 5.64. The first-order valence-corrected chi connectivity index (χ1v) is 12.7. The van der Waals surface area contributed by atoms with Crippen molar-refractivity contribution in [3.05, 3.63) is 57.8 Å². The number of allylic oxidation sites excluding steroid dienone is 1. The number of methoxy groups -OCH3 is 2. The second-order valence-electron chi connectivity index (χ2n) is 8.40. The molecule has 2 aromatic rings. The minimum absolute atomic E-state index is 0.190. The molecule has 0 bridgehead atoms. The number of aliphatic hydroxyl groups is 1. The van der Waals surface area contributed by atoms with Crippen molar-refractivity contribution >= 4 is 29.8 Å². The maximum atomic E-state index is 12.4. The van der Waals surface area contributed by atoms with Crippen LogP contribution in [-0.2, 0) is 9.53 Å². The SMILES string of the molecule is CCOc1cc([C@@H]2NC(=O)NC(C)=C2C(=O)OC)ccc1OC[C@H](O)N/N=C\c1cc(Cl)c(OCC#N)c(OC)c1. The second-order valence-corrected chi connectivity index (χ2v) is 8.80. The first-order chi connectivity index (χ1) is 19.7. The maximum Gasteiger partial charge on any atom is 0.337 e. The van der Waals surface area contributed by atoms with Gasteiger partial charge in [-0.3, -0.25) is 5.43 Å². The first-order valence-electron chi connectivity index (χ1n) is 12.3. The van der Waals surface area contributed by atoms with Gasteiger partial charge in [-0.05, 0) is 49.2 Å². The number of ether oxygens (including phenoxy) is 5. The number of carbonyl (C=O) groups excluding carboxylic acids is 2. The fourth-order valence-corrected chi connectivity index (χ4v) is 4.15. The molecule has 0 saturated carbocycles. The van der Waals surface area contributed by atoms with Gasteiger partial charge in [0.1, 0.15) is 12.7 Å². The molecule has 13 nitrogen and oxygen atoms in total. The number of esters is 1. The Morgan fingerprint density at radius 3 is 2.68 bits per heavy atom. The standard InChI is InChI=1S/C27H30ClN5O8/c1-5-39-20-12-17(24-23(26(35)38-4)15(2)31-27(36)32-24)6-7-19(20)41-14-22(34)33-30-13-16-10-18(28)25(40-9-8-29)21(11-16)37-3/h6-7,10-13,22,24,33-34H,5,9,14H2,1-4H3,(H2,31,32,36)/b30-13-/t22-,24-/m0/s1. The number of nitrogens with one attached hydrogen (secondary N) is 3. The largest absolute Gasteiger partial charge is 0.493 e. The number of hydrogen-bond acceptors (Lipinski definition) is 11. The Bertz CT molecular complexity index is 1370. The monoisotopic (exact) mass is 587 g/mol. The molecular formula is C27H30ClN5O8. The zero-order valence-electron chi connectivity index (χ0n) is 22.8. The highest BCUT2D eigenvalue weighted by atomic mass is 35.5. The topological polar surface area (TPSA) is 173 Å². The van der Waals surface area contributed by atoms with Gasteiger partial charge in [0.15, 0.2) is 35.8 Å². The number of rotatable bonds is 13. The molecule has 0 aliphatic carbocycles. The van der Waals surface area contributed by atoms with Crippen molar-refractivity contribution in [3.8, 4) is 29.1 Å². The van der Waals surface area contributed by atoms with Crippen molar-refractivity contribution in [2.75, 3.05) is 34.0 Å². The number of hydrogen-bond donors (Lipinski definition) is 4. The lowest BCUT2D eigenvalue weighted by atomic mass is 9.95. The van der Waals surface area contributed by atoms with Crippen LogP contribution in [0, 0.1) is 11.3 Å². The summed E-state index contributed by atoms with van der Waals surface area (Å²) in [6.45, 7) is 3.33. The summed E-state index contributed by atoms with van der Waals surface area (Å²) < 4.78 is 26.9. The van der Waals surface area contributed by atoms with E-state index in [1.807, 2.05) is 6.07 Å². The van der Waals surface area contributed by atoms with Gasteiger partial charge in [0, 0.05) is 5.70 Å². The Labute approximate surface area is 241 Å². The summed E-state index contributed by atoms with van der Waals surface area (Å²) in [5.41, 5.74) is 4.29. The summed E-state index contributed by atoms with van der Waals surface area (Å²) >= 11 is 6.23. The lowest BCUT2D eigenvalue weighted by molar-refractivity contribution is -0.136. The Balaban J connectivity index is 1.69. The van der Waals surface area contributed by atoms with Crippen molar-refractivity contribution in [3.63, 3.8) is 0 Å². The summed E-state index contributed by atoms with van der Waals surface area (Å²) in [6, 6.07) is 8.72. The third kappa shape index (κ3) is 7.93. The zero-order valence-corrected chi connectivity index (χ0v) is 23.6. The minimum atomic E-state index is -1.20. The molecule has 41 heavy (non-hydrogen) atoms. The molecular weight excluding hydrogens is 558 g/mol. The quantitative estimate of drug-likeness (QED) is 0.118. The first kappa shape index (κ1) is 30.9. The molecule has 1 aliphatic rings. The number of halogens is 1. The second kappa shape index (κ2) is 14.6. The molecule has 14 heteroatoms. The van der Waals surface area contributed by atoms with E-state index in [0.717, 1.165) is 0 Å². The van der Waals surface area contributed by atoms with E-state index in [-0.39, 0.29) is 29.6 Å². The van der Waals surface area contributed by atoms with Crippen LogP contribution in [0.4, 0.5) is 4.79 Å². The number of aliphatic hydroxyl groups excluding tert-OH is 1. The Kier molecular flexibility index (Phi) is 11.0. The number of benzene rings is 2. The van der Waals surface area contributed by atoms with Crippen LogP contribution < -0.4 is 35.0 Å². The van der Waals surface area contributed by atoms with Crippen molar-refractivity contribution in [1.29, 1.82) is 5.26 Å². The number of amides is 2. The molecule has 2 amide bonds. The Morgan fingerprint density at radius 1 is 1.22 bits per heavy atom. The molecule has 0 radical (unpaired) electrons. The van der Waals surface area contributed by atoms with Gasteiger partial charge >= 0.3 is 12.0 Å². The molecule has 0 unspecified atom stereocenters. The number of carbonyl (C=O) groups is 2. The summed E-state index contributed by atoms with van der Waals surface area (Å²) in [5.74, 6) is 0.636. The molecule has 4 N–H and O–H groups in total. The van der Waals surface area contributed by atoms with Gasteiger partial charge in [0.25, 0.3) is 0 Å². The minimum Gasteiger partial charge on any atom is -0.493 e. The van der Waals surface area contributed by atoms with Crippen LogP contribution in [0.1, 0.15) is 31.0 Å². The Hall–Kier alpha value is -4.67. The van der Waals surface area contributed by atoms with Crippen LogP contribution in [0.25, 0.3) is 0 Å². The molecule has 1 aliphatic heterocycles. The van der Waals surface area contributed by atoms with Crippen LogP contribution in [0.5, 0.6) is 23.0 Å². The van der Waals surface area contributed by atoms with Crippen LogP contribution in [0.2, 0.25) is 5.02 Å². The van der Waals surface area contributed by atoms with Crippen molar-refractivity contribution in [2.24, 2.45) is 5.10 Å². The molecule has 2 atom stereocenters. The molecule has 3 rings (SSSR count). The highest BCUT2D eigenvalue weighted by Crippen LogP contribution is 2.36. The molecule has 0 aromatic heterocycles. The highest BCUT2D eigenvalue weighted by molar-refractivity contribution is 6.32. The highest BCUT2D eigenvalue weighted by Gasteiger charge is 2.32. The third-order valence-corrected chi connectivity index (χ3v) is 5.92. The lowest BCUT2D eigenvalue weighted by Crippen LogP contribution is -2.45.